The number of carbonyl (C=O) groups excluding carboxylic acids is 2. The predicted octanol–water partition coefficient (Wildman–Crippen LogP) is 4.22. The van der Waals surface area contributed by atoms with Crippen LogP contribution < -0.4 is 10.6 Å². The van der Waals surface area contributed by atoms with Crippen LogP contribution >= 0.6 is 22.6 Å². The molecular weight excluding hydrogens is 537 g/mol. The molecule has 1 aromatic heterocycles. The Morgan fingerprint density at radius 2 is 1.91 bits per heavy atom. The first-order valence-electron chi connectivity index (χ1n) is 11.3. The Kier molecular flexibility index (Phi) is 8.25. The Morgan fingerprint density at radius 3 is 2.55 bits per heavy atom. The summed E-state index contributed by atoms with van der Waals surface area (Å²) < 4.78 is 6.32. The van der Waals surface area contributed by atoms with Crippen LogP contribution in [-0.2, 0) is 20.7 Å². The van der Waals surface area contributed by atoms with Crippen molar-refractivity contribution in [2.45, 2.75) is 64.5 Å². The minimum Gasteiger partial charge on any atom is -0.480 e. The van der Waals surface area contributed by atoms with E-state index in [1.54, 1.807) is 0 Å². The monoisotopic (exact) mass is 569 g/mol. The minimum absolute atomic E-state index is 0.213. The second kappa shape index (κ2) is 10.8. The summed E-state index contributed by atoms with van der Waals surface area (Å²) >= 11 is 2.22. The van der Waals surface area contributed by atoms with Gasteiger partial charge >= 0.3 is 12.1 Å². The van der Waals surface area contributed by atoms with Gasteiger partial charge in [-0.05, 0) is 98.7 Å². The smallest absolute Gasteiger partial charge is 0.407 e. The molecule has 0 bridgehead atoms. The van der Waals surface area contributed by atoms with E-state index in [1.165, 1.54) is 0 Å². The SMILES string of the molecule is CC(C)(C)OC(=O)NC[C@H]1CC[C@H](C(=O)N[C@H](Cc2c[nH]c3ccc(I)cc23)C(=O)O)CC1. The van der Waals surface area contributed by atoms with E-state index in [1.807, 2.05) is 45.2 Å². The number of hydrogen-bond donors (Lipinski definition) is 4. The van der Waals surface area contributed by atoms with Crippen LogP contribution in [-0.4, -0.2) is 46.2 Å². The number of carboxylic acids is 1. The molecule has 0 unspecified atom stereocenters. The number of hydrogen-bond acceptors (Lipinski definition) is 4. The number of H-pyrrole nitrogens is 1. The van der Waals surface area contributed by atoms with Gasteiger partial charge in [-0.15, -0.1) is 0 Å². The van der Waals surface area contributed by atoms with Gasteiger partial charge in [0.05, 0.1) is 0 Å². The fourth-order valence-electron chi connectivity index (χ4n) is 4.20. The molecule has 1 heterocycles. The van der Waals surface area contributed by atoms with Crippen molar-refractivity contribution in [3.8, 4) is 0 Å². The highest BCUT2D eigenvalue weighted by atomic mass is 127. The third kappa shape index (κ3) is 7.35. The maximum atomic E-state index is 12.8. The van der Waals surface area contributed by atoms with Crippen LogP contribution in [0.3, 0.4) is 0 Å². The molecule has 8 nitrogen and oxygen atoms in total. The summed E-state index contributed by atoms with van der Waals surface area (Å²) in [6, 6.07) is 4.97. The third-order valence-corrected chi connectivity index (χ3v) is 6.59. The number of benzene rings is 1. The van der Waals surface area contributed by atoms with Gasteiger partial charge in [-0.1, -0.05) is 0 Å². The summed E-state index contributed by atoms with van der Waals surface area (Å²) in [5.74, 6) is -1.19. The fraction of sp³-hybridized carbons (Fsp3) is 0.542. The molecule has 0 radical (unpaired) electrons. The lowest BCUT2D eigenvalue weighted by atomic mass is 9.81. The fourth-order valence-corrected chi connectivity index (χ4v) is 4.69. The number of aromatic amines is 1. The van der Waals surface area contributed by atoms with Crippen molar-refractivity contribution in [3.05, 3.63) is 33.5 Å². The second-order valence-corrected chi connectivity index (χ2v) is 11.0. The van der Waals surface area contributed by atoms with Crippen molar-refractivity contribution in [3.63, 3.8) is 0 Å². The number of alkyl carbamates (subject to hydrolysis) is 1. The number of fused-ring (bicyclic) bond motifs is 1. The molecule has 1 aromatic carbocycles. The van der Waals surface area contributed by atoms with Crippen LogP contribution in [0.2, 0.25) is 0 Å². The zero-order chi connectivity index (χ0) is 24.2. The zero-order valence-corrected chi connectivity index (χ0v) is 21.4. The normalized spacial score (nSPS) is 19.6. The van der Waals surface area contributed by atoms with E-state index in [-0.39, 0.29) is 24.2 Å². The molecule has 0 spiro atoms. The van der Waals surface area contributed by atoms with Crippen LogP contribution in [0.5, 0.6) is 0 Å². The van der Waals surface area contributed by atoms with Gasteiger partial charge in [0.25, 0.3) is 0 Å². The third-order valence-electron chi connectivity index (χ3n) is 5.92. The van der Waals surface area contributed by atoms with Crippen LogP contribution in [0.4, 0.5) is 4.79 Å². The Bertz CT molecular complexity index is 1010. The molecule has 180 valence electrons. The Balaban J connectivity index is 1.50. The topological polar surface area (TPSA) is 121 Å². The summed E-state index contributed by atoms with van der Waals surface area (Å²) in [6.07, 6.45) is 4.54. The van der Waals surface area contributed by atoms with E-state index in [9.17, 15) is 19.5 Å². The van der Waals surface area contributed by atoms with Crippen LogP contribution in [0.1, 0.15) is 52.0 Å². The highest BCUT2D eigenvalue weighted by molar-refractivity contribution is 14.1. The van der Waals surface area contributed by atoms with Gasteiger partial charge in [0, 0.05) is 39.6 Å². The van der Waals surface area contributed by atoms with Gasteiger partial charge in [0.2, 0.25) is 5.91 Å². The first-order valence-corrected chi connectivity index (χ1v) is 12.3. The van der Waals surface area contributed by atoms with E-state index in [2.05, 4.69) is 38.2 Å². The van der Waals surface area contributed by atoms with Crippen molar-refractivity contribution < 1.29 is 24.2 Å². The maximum Gasteiger partial charge on any atom is 0.407 e. The maximum absolute atomic E-state index is 12.8. The lowest BCUT2D eigenvalue weighted by Crippen LogP contribution is -2.46. The van der Waals surface area contributed by atoms with Gasteiger partial charge in [0.1, 0.15) is 11.6 Å². The molecule has 1 atom stereocenters. The van der Waals surface area contributed by atoms with Crippen LogP contribution in [0.25, 0.3) is 10.9 Å². The van der Waals surface area contributed by atoms with Crippen molar-refractivity contribution >= 4 is 51.5 Å². The second-order valence-electron chi connectivity index (χ2n) is 9.71. The van der Waals surface area contributed by atoms with Gasteiger partial charge in [-0.25, -0.2) is 9.59 Å². The Labute approximate surface area is 207 Å². The standard InChI is InChI=1S/C24H32IN3O5/c1-24(2,3)33-23(32)27-12-14-4-6-15(7-5-14)21(29)28-20(22(30)31)10-16-13-26-19-9-8-17(25)11-18(16)19/h8-9,11,13-15,20,26H,4-7,10,12H2,1-3H3,(H,27,32)(H,28,29)(H,30,31)/t14-,15-,20-/m1/s1. The number of halogens is 1. The predicted molar refractivity (Wildman–Crippen MR) is 134 cm³/mol. The number of nitrogens with one attached hydrogen (secondary N) is 3. The Hall–Kier alpha value is -2.30. The molecule has 9 heteroatoms. The zero-order valence-electron chi connectivity index (χ0n) is 19.2. The van der Waals surface area contributed by atoms with Gasteiger partial charge in [0.15, 0.2) is 0 Å². The summed E-state index contributed by atoms with van der Waals surface area (Å²) in [5, 5.41) is 16.2. The van der Waals surface area contributed by atoms with Crippen LogP contribution in [0.15, 0.2) is 24.4 Å². The molecule has 0 saturated heterocycles. The molecule has 1 aliphatic rings. The Morgan fingerprint density at radius 1 is 1.21 bits per heavy atom. The molecule has 2 amide bonds. The number of ether oxygens (including phenoxy) is 1. The van der Waals surface area contributed by atoms with Crippen molar-refractivity contribution in [1.29, 1.82) is 0 Å². The number of aliphatic carboxylic acids is 1. The van der Waals surface area contributed by atoms with E-state index in [4.69, 9.17) is 4.74 Å². The summed E-state index contributed by atoms with van der Waals surface area (Å²) in [5.41, 5.74) is 1.28. The largest absolute Gasteiger partial charge is 0.480 e. The van der Waals surface area contributed by atoms with Gasteiger partial charge < -0.3 is 25.5 Å². The number of amides is 2. The lowest BCUT2D eigenvalue weighted by Gasteiger charge is -2.29. The summed E-state index contributed by atoms with van der Waals surface area (Å²) in [6.45, 7) is 5.97. The van der Waals surface area contributed by atoms with E-state index in [0.717, 1.165) is 32.9 Å². The van der Waals surface area contributed by atoms with Gasteiger partial charge in [-0.2, -0.15) is 0 Å². The number of carbonyl (C=O) groups is 3. The molecule has 1 fully saturated rings. The molecule has 33 heavy (non-hydrogen) atoms. The van der Waals surface area contributed by atoms with Crippen molar-refractivity contribution in [2.75, 3.05) is 6.54 Å². The first-order chi connectivity index (χ1) is 15.5. The van der Waals surface area contributed by atoms with E-state index in [0.29, 0.717) is 19.4 Å². The van der Waals surface area contributed by atoms with E-state index < -0.39 is 23.7 Å². The molecule has 4 N–H and O–H groups in total. The highest BCUT2D eigenvalue weighted by Crippen LogP contribution is 2.29. The number of aromatic nitrogens is 1. The average Bonchev–Trinajstić information content (AvgIpc) is 3.12. The highest BCUT2D eigenvalue weighted by Gasteiger charge is 2.30. The van der Waals surface area contributed by atoms with E-state index >= 15 is 0 Å². The molecule has 2 aromatic rings. The average molecular weight is 569 g/mol. The summed E-state index contributed by atoms with van der Waals surface area (Å²) in [4.78, 5) is 39.7. The van der Waals surface area contributed by atoms with Crippen LogP contribution in [0, 0.1) is 15.4 Å². The summed E-state index contributed by atoms with van der Waals surface area (Å²) in [7, 11) is 0. The van der Waals surface area contributed by atoms with Gasteiger partial charge in [-0.3, -0.25) is 4.79 Å². The quantitative estimate of drug-likeness (QED) is 0.373. The lowest BCUT2D eigenvalue weighted by molar-refractivity contribution is -0.142. The molecular formula is C24H32IN3O5. The van der Waals surface area contributed by atoms with Crippen molar-refractivity contribution in [1.82, 2.24) is 15.6 Å². The first kappa shape index (κ1) is 25.3. The molecule has 3 rings (SSSR count). The molecule has 0 aliphatic heterocycles. The molecule has 1 aliphatic carbocycles. The van der Waals surface area contributed by atoms with Crippen molar-refractivity contribution in [2.24, 2.45) is 11.8 Å². The number of rotatable bonds is 7. The minimum atomic E-state index is -1.04. The molecule has 1 saturated carbocycles. The number of carboxylic acid groups (broad SMARTS) is 1.